The van der Waals surface area contributed by atoms with Crippen LogP contribution in [0.15, 0.2) is 146 Å². The van der Waals surface area contributed by atoms with Gasteiger partial charge in [-0.3, -0.25) is 0 Å². The standard InChI is InChI=1S/C30H34N2.C18H20Br2.Br2/c1-25-15-21-31(22-16-25)19-3-5-27-7-11-29(12-8-27)30-13-9-28(10-14-30)6-4-20-32-23-17-26(2)18-24-32;19-13-1-3-15-5-9-17(10-6-15)18-11-7-16(8-12-18)4-2-14-20;1-2/h7-18,21-24H,3-6,19-20H2,1-2H3;5-12H,1-4,13-14H2;/q+2;;. The van der Waals surface area contributed by atoms with E-state index in [0.717, 1.165) is 62.3 Å². The molecule has 0 spiro atoms. The van der Waals surface area contributed by atoms with Gasteiger partial charge >= 0.3 is 0 Å². The molecule has 2 aromatic heterocycles. The Labute approximate surface area is 357 Å². The van der Waals surface area contributed by atoms with Crippen LogP contribution in [0, 0.1) is 13.8 Å². The zero-order chi connectivity index (χ0) is 38.4. The summed E-state index contributed by atoms with van der Waals surface area (Å²) in [5, 5.41) is 2.15. The van der Waals surface area contributed by atoms with Crippen LogP contribution in [0.5, 0.6) is 0 Å². The van der Waals surface area contributed by atoms with Gasteiger partial charge in [-0.2, -0.15) is 0 Å². The molecule has 0 bridgehead atoms. The van der Waals surface area contributed by atoms with Gasteiger partial charge in [0, 0.05) is 76.0 Å². The minimum atomic E-state index is 1.06. The summed E-state index contributed by atoms with van der Waals surface area (Å²) in [7, 11) is 0. The first-order chi connectivity index (χ1) is 26.5. The second-order valence-corrected chi connectivity index (χ2v) is 15.4. The minimum Gasteiger partial charge on any atom is -0.205 e. The van der Waals surface area contributed by atoms with Gasteiger partial charge < -0.3 is 0 Å². The van der Waals surface area contributed by atoms with E-state index in [0.29, 0.717) is 0 Å². The van der Waals surface area contributed by atoms with Crippen LogP contribution in [-0.4, -0.2) is 10.7 Å². The monoisotopic (exact) mass is 974 g/mol. The van der Waals surface area contributed by atoms with E-state index in [1.54, 1.807) is 0 Å². The SMILES string of the molecule is BrBr.BrCCCc1ccc(-c2ccc(CCCBr)cc2)cc1.Cc1cc[n+](CCCc2ccc(-c3ccc(CCC[n+]4ccc(C)cc4)cc3)cc2)cc1. The van der Waals surface area contributed by atoms with Gasteiger partial charge in [0.05, 0.1) is 0 Å². The molecule has 0 saturated carbocycles. The highest BCUT2D eigenvalue weighted by Crippen LogP contribution is 2.23. The van der Waals surface area contributed by atoms with Gasteiger partial charge in [0.1, 0.15) is 13.1 Å². The number of benzene rings is 4. The maximum Gasteiger partial charge on any atom is 0.169 e. The molecule has 2 heterocycles. The molecule has 0 aliphatic heterocycles. The highest BCUT2D eigenvalue weighted by Gasteiger charge is 2.05. The third-order valence-electron chi connectivity index (χ3n) is 9.56. The van der Waals surface area contributed by atoms with Gasteiger partial charge in [0.2, 0.25) is 0 Å². The topological polar surface area (TPSA) is 7.76 Å². The van der Waals surface area contributed by atoms with Gasteiger partial charge in [-0.15, -0.1) is 0 Å². The quantitative estimate of drug-likeness (QED) is 0.0674. The molecule has 6 heteroatoms. The van der Waals surface area contributed by atoms with E-state index in [1.807, 2.05) is 0 Å². The van der Waals surface area contributed by atoms with E-state index in [9.17, 15) is 0 Å². The lowest BCUT2D eigenvalue weighted by atomic mass is 10.00. The van der Waals surface area contributed by atoms with Crippen LogP contribution in [0.3, 0.4) is 0 Å². The Kier molecular flexibility index (Phi) is 20.5. The first-order valence-corrected chi connectivity index (χ1v) is 25.0. The second-order valence-electron chi connectivity index (χ2n) is 13.8. The van der Waals surface area contributed by atoms with Crippen LogP contribution in [0.4, 0.5) is 0 Å². The molecule has 6 rings (SSSR count). The van der Waals surface area contributed by atoms with Crippen molar-refractivity contribution in [1.82, 2.24) is 0 Å². The molecule has 0 atom stereocenters. The second kappa shape index (κ2) is 25.3. The number of nitrogens with zero attached hydrogens (tertiary/aromatic N) is 2. The lowest BCUT2D eigenvalue weighted by Gasteiger charge is -2.06. The third-order valence-corrected chi connectivity index (χ3v) is 10.7. The number of aromatic nitrogens is 2. The van der Waals surface area contributed by atoms with E-state index in [2.05, 4.69) is 229 Å². The molecule has 0 unspecified atom stereocenters. The molecule has 0 aliphatic carbocycles. The smallest absolute Gasteiger partial charge is 0.169 e. The largest absolute Gasteiger partial charge is 0.205 e. The number of hydrogen-bond donors (Lipinski definition) is 0. The normalized spacial score (nSPS) is 10.6. The van der Waals surface area contributed by atoms with Crippen LogP contribution in [0.1, 0.15) is 59.1 Å². The summed E-state index contributed by atoms with van der Waals surface area (Å²) in [6.07, 6.45) is 17.9. The van der Waals surface area contributed by atoms with Crippen LogP contribution < -0.4 is 9.13 Å². The highest BCUT2D eigenvalue weighted by molar-refractivity contribution is 9.93. The van der Waals surface area contributed by atoms with E-state index in [-0.39, 0.29) is 0 Å². The van der Waals surface area contributed by atoms with Gasteiger partial charge in [-0.1, -0.05) is 129 Å². The molecule has 0 aliphatic rings. The van der Waals surface area contributed by atoms with Gasteiger partial charge in [-0.25, -0.2) is 9.13 Å². The summed E-state index contributed by atoms with van der Waals surface area (Å²) in [4.78, 5) is 0. The van der Waals surface area contributed by atoms with E-state index in [4.69, 9.17) is 0 Å². The van der Waals surface area contributed by atoms with Gasteiger partial charge in [0.15, 0.2) is 24.8 Å². The predicted octanol–water partition coefficient (Wildman–Crippen LogP) is 13.5. The number of rotatable bonds is 16. The van der Waals surface area contributed by atoms with Crippen LogP contribution in [0.2, 0.25) is 0 Å². The van der Waals surface area contributed by atoms with Gasteiger partial charge in [0.25, 0.3) is 0 Å². The molecule has 0 radical (unpaired) electrons. The maximum atomic E-state index is 3.48. The zero-order valence-corrected chi connectivity index (χ0v) is 38.1. The molecule has 54 heavy (non-hydrogen) atoms. The molecule has 282 valence electrons. The van der Waals surface area contributed by atoms with Crippen LogP contribution in [-0.2, 0) is 38.8 Å². The highest BCUT2D eigenvalue weighted by atomic mass is 80.9. The van der Waals surface area contributed by atoms with Crippen molar-refractivity contribution in [3.63, 3.8) is 0 Å². The van der Waals surface area contributed by atoms with Crippen molar-refractivity contribution in [3.8, 4) is 22.3 Å². The fourth-order valence-electron chi connectivity index (χ4n) is 6.29. The summed E-state index contributed by atoms with van der Waals surface area (Å²) in [5.41, 5.74) is 13.5. The lowest BCUT2D eigenvalue weighted by molar-refractivity contribution is -0.697. The molecule has 0 saturated heterocycles. The first kappa shape index (κ1) is 43.8. The predicted molar refractivity (Wildman–Crippen MR) is 245 cm³/mol. The van der Waals surface area contributed by atoms with Crippen molar-refractivity contribution in [2.45, 2.75) is 78.3 Å². The molecule has 0 fully saturated rings. The summed E-state index contributed by atoms with van der Waals surface area (Å²) < 4.78 is 4.53. The Hall–Kier alpha value is -2.90. The van der Waals surface area contributed by atoms with Crippen LogP contribution >= 0.6 is 60.1 Å². The molecule has 4 aromatic carbocycles. The fourth-order valence-corrected chi connectivity index (χ4v) is 6.85. The van der Waals surface area contributed by atoms with Crippen molar-refractivity contribution >= 4 is 60.1 Å². The number of pyridine rings is 2. The summed E-state index contributed by atoms with van der Waals surface area (Å²) >= 11 is 12.5. The number of halogens is 4. The average molecular weight is 979 g/mol. The fraction of sp³-hybridized carbons (Fsp3) is 0.292. The molecule has 6 aromatic rings. The van der Waals surface area contributed by atoms with Crippen molar-refractivity contribution in [2.75, 3.05) is 10.7 Å². The summed E-state index contributed by atoms with van der Waals surface area (Å²) in [5.74, 6) is 0. The minimum absolute atomic E-state index is 1.06. The molecule has 0 N–H and O–H groups in total. The summed E-state index contributed by atoms with van der Waals surface area (Å²) in [6.45, 7) is 6.38. The Morgan fingerprint density at radius 1 is 0.352 bits per heavy atom. The average Bonchev–Trinajstić information content (AvgIpc) is 3.23. The van der Waals surface area contributed by atoms with Crippen molar-refractivity contribution < 1.29 is 9.13 Å². The number of aryl methyl sites for hydroxylation is 8. The number of hydrogen-bond acceptors (Lipinski definition) is 0. The molecular formula is C48H54Br4N2+2. The lowest BCUT2D eigenvalue weighted by Crippen LogP contribution is -2.32. The third kappa shape index (κ3) is 15.7. The number of alkyl halides is 2. The maximum absolute atomic E-state index is 3.48. The van der Waals surface area contributed by atoms with Crippen molar-refractivity contribution in [1.29, 1.82) is 0 Å². The van der Waals surface area contributed by atoms with Crippen LogP contribution in [0.25, 0.3) is 22.3 Å². The Balaban J connectivity index is 0.000000254. The molecule has 0 amide bonds. The zero-order valence-electron chi connectivity index (χ0n) is 31.7. The Morgan fingerprint density at radius 3 is 0.833 bits per heavy atom. The van der Waals surface area contributed by atoms with E-state index in [1.165, 1.54) is 68.5 Å². The molecular weight excluding hydrogens is 924 g/mol. The van der Waals surface area contributed by atoms with Gasteiger partial charge in [-0.05, 0) is 108 Å². The molecule has 2 nitrogen and oxygen atoms in total. The Bertz CT molecular complexity index is 1730. The van der Waals surface area contributed by atoms with E-state index < -0.39 is 0 Å². The summed E-state index contributed by atoms with van der Waals surface area (Å²) in [6, 6.07) is 44.8. The van der Waals surface area contributed by atoms with Crippen molar-refractivity contribution in [2.24, 2.45) is 0 Å². The Morgan fingerprint density at radius 2 is 0.593 bits per heavy atom. The van der Waals surface area contributed by atoms with E-state index >= 15 is 0 Å². The first-order valence-electron chi connectivity index (χ1n) is 19.0. The van der Waals surface area contributed by atoms with Crippen molar-refractivity contribution in [3.05, 3.63) is 179 Å².